The molecule has 1 aliphatic rings. The van der Waals surface area contributed by atoms with E-state index in [0.717, 1.165) is 12.8 Å². The second-order valence-electron chi connectivity index (χ2n) is 5.40. The quantitative estimate of drug-likeness (QED) is 0.745. The largest absolute Gasteiger partial charge is 0.397 e. The minimum absolute atomic E-state index is 0.0296. The lowest BCUT2D eigenvalue weighted by Gasteiger charge is -2.34. The number of benzene rings is 1. The van der Waals surface area contributed by atoms with Crippen LogP contribution in [0.2, 0.25) is 5.02 Å². The van der Waals surface area contributed by atoms with Gasteiger partial charge in [0.15, 0.2) is 5.82 Å². The van der Waals surface area contributed by atoms with Gasteiger partial charge in [0, 0.05) is 26.6 Å². The van der Waals surface area contributed by atoms with Crippen LogP contribution < -0.4 is 21.7 Å². The van der Waals surface area contributed by atoms with Crippen LogP contribution in [0.1, 0.15) is 19.8 Å². The number of nitrogens with one attached hydrogen (secondary N) is 1. The number of nitrogens with zero attached hydrogens (tertiary/aromatic N) is 1. The van der Waals surface area contributed by atoms with Crippen LogP contribution in [0.15, 0.2) is 6.07 Å². The van der Waals surface area contributed by atoms with Crippen molar-refractivity contribution in [2.24, 2.45) is 5.92 Å². The summed E-state index contributed by atoms with van der Waals surface area (Å²) in [6, 6.07) is 1.49. The molecule has 0 aliphatic carbocycles. The Balaban J connectivity index is 2.06. The summed E-state index contributed by atoms with van der Waals surface area (Å²) in [4.78, 5) is 12.8. The lowest BCUT2D eigenvalue weighted by Crippen LogP contribution is -2.39. The molecular weight excluding hydrogens is 295 g/mol. The number of anilines is 3. The summed E-state index contributed by atoms with van der Waals surface area (Å²) in [6.07, 6.45) is 1.72. The predicted molar refractivity (Wildman–Crippen MR) is 83.9 cm³/mol. The van der Waals surface area contributed by atoms with Gasteiger partial charge in [-0.3, -0.25) is 4.79 Å². The number of amides is 1. The SMILES string of the molecule is CC(=O)NCC1CCN(c2c(N)cc(N)c(Cl)c2F)CC1. The van der Waals surface area contributed by atoms with Gasteiger partial charge < -0.3 is 21.7 Å². The van der Waals surface area contributed by atoms with E-state index in [9.17, 15) is 9.18 Å². The first kappa shape index (κ1) is 15.7. The van der Waals surface area contributed by atoms with Crippen molar-refractivity contribution in [2.45, 2.75) is 19.8 Å². The number of hydrogen-bond acceptors (Lipinski definition) is 4. The smallest absolute Gasteiger partial charge is 0.216 e. The lowest BCUT2D eigenvalue weighted by atomic mass is 9.96. The average Bonchev–Trinajstić information content (AvgIpc) is 2.44. The molecule has 2 rings (SSSR count). The molecule has 0 bridgehead atoms. The molecule has 5 N–H and O–H groups in total. The second-order valence-corrected chi connectivity index (χ2v) is 5.78. The monoisotopic (exact) mass is 314 g/mol. The Bertz CT molecular complexity index is 544. The van der Waals surface area contributed by atoms with Crippen molar-refractivity contribution in [1.29, 1.82) is 0 Å². The molecule has 1 heterocycles. The topological polar surface area (TPSA) is 84.4 Å². The highest BCUT2D eigenvalue weighted by Crippen LogP contribution is 2.37. The van der Waals surface area contributed by atoms with Crippen molar-refractivity contribution in [2.75, 3.05) is 36.0 Å². The Kier molecular flexibility index (Phi) is 4.77. The van der Waals surface area contributed by atoms with Crippen molar-refractivity contribution in [1.82, 2.24) is 5.32 Å². The number of piperidine rings is 1. The van der Waals surface area contributed by atoms with Crippen LogP contribution >= 0.6 is 11.6 Å². The zero-order chi connectivity index (χ0) is 15.6. The summed E-state index contributed by atoms with van der Waals surface area (Å²) in [6.45, 7) is 3.50. The van der Waals surface area contributed by atoms with E-state index in [2.05, 4.69) is 5.32 Å². The first-order chi connectivity index (χ1) is 9.90. The van der Waals surface area contributed by atoms with Crippen molar-refractivity contribution >= 4 is 34.6 Å². The molecular formula is C14H20ClFN4O. The molecule has 116 valence electrons. The number of carbonyl (C=O) groups is 1. The van der Waals surface area contributed by atoms with E-state index in [4.69, 9.17) is 23.1 Å². The van der Waals surface area contributed by atoms with Gasteiger partial charge in [0.25, 0.3) is 0 Å². The molecule has 0 aromatic heterocycles. The summed E-state index contributed by atoms with van der Waals surface area (Å²) < 4.78 is 14.3. The van der Waals surface area contributed by atoms with Crippen molar-refractivity contribution in [3.05, 3.63) is 16.9 Å². The molecule has 5 nitrogen and oxygen atoms in total. The van der Waals surface area contributed by atoms with Gasteiger partial charge in [-0.15, -0.1) is 0 Å². The highest BCUT2D eigenvalue weighted by molar-refractivity contribution is 6.33. The number of rotatable bonds is 3. The van der Waals surface area contributed by atoms with E-state index in [0.29, 0.717) is 36.9 Å². The molecule has 1 saturated heterocycles. The molecule has 0 spiro atoms. The maximum Gasteiger partial charge on any atom is 0.216 e. The molecule has 1 amide bonds. The summed E-state index contributed by atoms with van der Waals surface area (Å²) in [5.41, 5.74) is 12.3. The Morgan fingerprint density at radius 3 is 2.62 bits per heavy atom. The normalized spacial score (nSPS) is 16.0. The Labute approximate surface area is 128 Å². The molecule has 1 fully saturated rings. The first-order valence-electron chi connectivity index (χ1n) is 6.92. The zero-order valence-electron chi connectivity index (χ0n) is 12.0. The standard InChI is InChI=1S/C14H20ClFN4O/c1-8(21)19-7-9-2-4-20(5-3-9)14-11(18)6-10(17)12(15)13(14)16/h6,9H,2-5,7,17-18H2,1H3,(H,19,21). The summed E-state index contributed by atoms with van der Waals surface area (Å²) in [5, 5.41) is 2.73. The zero-order valence-corrected chi connectivity index (χ0v) is 12.7. The molecule has 0 radical (unpaired) electrons. The molecule has 1 aromatic carbocycles. The number of nitrogen functional groups attached to an aromatic ring is 2. The number of nitrogens with two attached hydrogens (primary N) is 2. The lowest BCUT2D eigenvalue weighted by molar-refractivity contribution is -0.119. The van der Waals surface area contributed by atoms with Crippen LogP contribution in [-0.2, 0) is 4.79 Å². The van der Waals surface area contributed by atoms with Crippen LogP contribution in [0.25, 0.3) is 0 Å². The molecule has 7 heteroatoms. The summed E-state index contributed by atoms with van der Waals surface area (Å²) in [5.74, 6) is -0.189. The van der Waals surface area contributed by atoms with E-state index >= 15 is 0 Å². The molecule has 21 heavy (non-hydrogen) atoms. The molecule has 0 atom stereocenters. The highest BCUT2D eigenvalue weighted by atomic mass is 35.5. The van der Waals surface area contributed by atoms with Crippen LogP contribution in [0.5, 0.6) is 0 Å². The fourth-order valence-corrected chi connectivity index (χ4v) is 2.77. The third-order valence-electron chi connectivity index (χ3n) is 3.81. The first-order valence-corrected chi connectivity index (χ1v) is 7.30. The van der Waals surface area contributed by atoms with Crippen LogP contribution in [0.3, 0.4) is 0 Å². The van der Waals surface area contributed by atoms with Crippen LogP contribution in [-0.4, -0.2) is 25.5 Å². The van der Waals surface area contributed by atoms with Crippen molar-refractivity contribution in [3.63, 3.8) is 0 Å². The predicted octanol–water partition coefficient (Wildman–Crippen LogP) is 2.00. The van der Waals surface area contributed by atoms with Crippen molar-refractivity contribution in [3.8, 4) is 0 Å². The number of hydrogen-bond donors (Lipinski definition) is 3. The fraction of sp³-hybridized carbons (Fsp3) is 0.500. The van der Waals surface area contributed by atoms with Gasteiger partial charge in [0.1, 0.15) is 5.02 Å². The van der Waals surface area contributed by atoms with Gasteiger partial charge in [-0.2, -0.15) is 0 Å². The molecule has 1 aliphatic heterocycles. The number of carbonyl (C=O) groups excluding carboxylic acids is 1. The third kappa shape index (κ3) is 3.50. The van der Waals surface area contributed by atoms with Gasteiger partial charge in [0.2, 0.25) is 5.91 Å². The highest BCUT2D eigenvalue weighted by Gasteiger charge is 2.25. The molecule has 0 unspecified atom stereocenters. The van der Waals surface area contributed by atoms with Gasteiger partial charge in [-0.1, -0.05) is 11.6 Å². The Morgan fingerprint density at radius 1 is 1.43 bits per heavy atom. The average molecular weight is 315 g/mol. The fourth-order valence-electron chi connectivity index (χ4n) is 2.63. The second kappa shape index (κ2) is 6.39. The third-order valence-corrected chi connectivity index (χ3v) is 4.19. The Morgan fingerprint density at radius 2 is 2.05 bits per heavy atom. The van der Waals surface area contributed by atoms with Gasteiger partial charge in [-0.05, 0) is 24.8 Å². The summed E-state index contributed by atoms with van der Waals surface area (Å²) in [7, 11) is 0. The minimum Gasteiger partial charge on any atom is -0.397 e. The van der Waals surface area contributed by atoms with E-state index in [1.807, 2.05) is 4.90 Å². The van der Waals surface area contributed by atoms with E-state index < -0.39 is 5.82 Å². The van der Waals surface area contributed by atoms with Crippen molar-refractivity contribution < 1.29 is 9.18 Å². The minimum atomic E-state index is -0.561. The van der Waals surface area contributed by atoms with E-state index in [-0.39, 0.29) is 16.6 Å². The maximum absolute atomic E-state index is 14.3. The van der Waals surface area contributed by atoms with E-state index in [1.54, 1.807) is 0 Å². The van der Waals surface area contributed by atoms with Gasteiger partial charge in [0.05, 0.1) is 17.1 Å². The van der Waals surface area contributed by atoms with Gasteiger partial charge in [-0.25, -0.2) is 4.39 Å². The number of halogens is 2. The summed E-state index contributed by atoms with van der Waals surface area (Å²) >= 11 is 5.86. The molecule has 1 aromatic rings. The van der Waals surface area contributed by atoms with Gasteiger partial charge >= 0.3 is 0 Å². The van der Waals surface area contributed by atoms with Crippen LogP contribution in [0, 0.1) is 11.7 Å². The Hall–Kier alpha value is -1.69. The maximum atomic E-state index is 14.3. The molecule has 0 saturated carbocycles. The van der Waals surface area contributed by atoms with Crippen LogP contribution in [0.4, 0.5) is 21.5 Å². The van der Waals surface area contributed by atoms with E-state index in [1.165, 1.54) is 13.0 Å².